The molecule has 1 aliphatic heterocycles. The Hall–Kier alpha value is -3.76. The number of rotatable bonds is 5. The summed E-state index contributed by atoms with van der Waals surface area (Å²) in [6.07, 6.45) is 2.06. The quantitative estimate of drug-likeness (QED) is 0.589. The van der Waals surface area contributed by atoms with Crippen LogP contribution >= 0.6 is 0 Å². The van der Waals surface area contributed by atoms with Crippen LogP contribution in [0.3, 0.4) is 0 Å². The maximum absolute atomic E-state index is 12.2. The number of piperidine rings is 1. The SMILES string of the molecule is Cn1ncnc1NC(=O)COc1ccc2c(C3CCC(=O)NC3=O)nn(C)c2c1. The van der Waals surface area contributed by atoms with E-state index in [2.05, 4.69) is 25.8 Å². The fourth-order valence-corrected chi connectivity index (χ4v) is 3.29. The number of aromatic nitrogens is 5. The maximum atomic E-state index is 12.2. The Labute approximate surface area is 165 Å². The van der Waals surface area contributed by atoms with Crippen LogP contribution in [0, 0.1) is 0 Å². The molecule has 11 nitrogen and oxygen atoms in total. The Balaban J connectivity index is 1.49. The highest BCUT2D eigenvalue weighted by Crippen LogP contribution is 2.31. The van der Waals surface area contributed by atoms with Gasteiger partial charge in [0.15, 0.2) is 6.61 Å². The third-order valence-electron chi connectivity index (χ3n) is 4.75. The molecule has 150 valence electrons. The van der Waals surface area contributed by atoms with Gasteiger partial charge >= 0.3 is 0 Å². The molecule has 0 spiro atoms. The minimum absolute atomic E-state index is 0.198. The zero-order chi connectivity index (χ0) is 20.5. The van der Waals surface area contributed by atoms with Gasteiger partial charge in [0, 0.05) is 32.0 Å². The van der Waals surface area contributed by atoms with Gasteiger partial charge in [0.2, 0.25) is 17.8 Å². The molecule has 1 saturated heterocycles. The van der Waals surface area contributed by atoms with Crippen molar-refractivity contribution in [3.63, 3.8) is 0 Å². The van der Waals surface area contributed by atoms with E-state index >= 15 is 0 Å². The zero-order valence-corrected chi connectivity index (χ0v) is 15.9. The minimum atomic E-state index is -0.472. The summed E-state index contributed by atoms with van der Waals surface area (Å²) in [6.45, 7) is -0.198. The third kappa shape index (κ3) is 3.66. The van der Waals surface area contributed by atoms with Gasteiger partial charge in [-0.25, -0.2) is 4.68 Å². The summed E-state index contributed by atoms with van der Waals surface area (Å²) in [5, 5.41) is 14.1. The van der Waals surface area contributed by atoms with E-state index in [1.807, 2.05) is 0 Å². The number of benzene rings is 1. The van der Waals surface area contributed by atoms with E-state index in [-0.39, 0.29) is 30.7 Å². The van der Waals surface area contributed by atoms with Crippen LogP contribution in [0.1, 0.15) is 24.5 Å². The molecule has 2 aromatic heterocycles. The molecule has 1 atom stereocenters. The van der Waals surface area contributed by atoms with Crippen molar-refractivity contribution < 1.29 is 19.1 Å². The van der Waals surface area contributed by atoms with Crippen molar-refractivity contribution in [1.29, 1.82) is 0 Å². The summed E-state index contributed by atoms with van der Waals surface area (Å²) in [6, 6.07) is 5.28. The lowest BCUT2D eigenvalue weighted by Gasteiger charge is -2.19. The van der Waals surface area contributed by atoms with Crippen molar-refractivity contribution in [3.8, 4) is 5.75 Å². The molecule has 29 heavy (non-hydrogen) atoms. The number of imide groups is 1. The number of anilines is 1. The normalized spacial score (nSPS) is 16.7. The molecule has 0 saturated carbocycles. The van der Waals surface area contributed by atoms with Crippen molar-refractivity contribution in [2.45, 2.75) is 18.8 Å². The van der Waals surface area contributed by atoms with E-state index in [1.165, 1.54) is 11.0 Å². The predicted molar refractivity (Wildman–Crippen MR) is 101 cm³/mol. The molecule has 11 heteroatoms. The van der Waals surface area contributed by atoms with Crippen LogP contribution in [-0.2, 0) is 28.5 Å². The molecule has 4 rings (SSSR count). The Morgan fingerprint density at radius 2 is 2.14 bits per heavy atom. The number of carbonyl (C=O) groups excluding carboxylic acids is 3. The standard InChI is InChI=1S/C18H19N7O4/c1-24-13-7-10(29-8-15(27)22-18-19-9-20-25(18)2)3-4-11(13)16(23-24)12-5-6-14(26)21-17(12)28/h3-4,7,9,12H,5-6,8H2,1-2H3,(H,21,26,28)(H,19,20,22,27). The maximum Gasteiger partial charge on any atom is 0.264 e. The second-order valence-corrected chi connectivity index (χ2v) is 6.74. The number of amides is 3. The second-order valence-electron chi connectivity index (χ2n) is 6.74. The number of ether oxygens (including phenoxy) is 1. The molecule has 3 amide bonds. The second kappa shape index (κ2) is 7.34. The number of aryl methyl sites for hydroxylation is 2. The van der Waals surface area contributed by atoms with Crippen molar-refractivity contribution in [2.24, 2.45) is 14.1 Å². The minimum Gasteiger partial charge on any atom is -0.484 e. The van der Waals surface area contributed by atoms with Gasteiger partial charge in [-0.05, 0) is 18.6 Å². The Bertz CT molecular complexity index is 1120. The van der Waals surface area contributed by atoms with Gasteiger partial charge in [0.25, 0.3) is 5.91 Å². The number of carbonyl (C=O) groups is 3. The molecule has 3 heterocycles. The highest BCUT2D eigenvalue weighted by Gasteiger charge is 2.31. The summed E-state index contributed by atoms with van der Waals surface area (Å²) in [4.78, 5) is 39.5. The molecule has 3 aromatic rings. The van der Waals surface area contributed by atoms with Crippen LogP contribution in [-0.4, -0.2) is 48.9 Å². The first-order chi connectivity index (χ1) is 13.9. The highest BCUT2D eigenvalue weighted by molar-refractivity contribution is 6.02. The van der Waals surface area contributed by atoms with Crippen molar-refractivity contribution in [2.75, 3.05) is 11.9 Å². The average molecular weight is 397 g/mol. The van der Waals surface area contributed by atoms with Crippen LogP contribution in [0.4, 0.5) is 5.95 Å². The molecule has 0 radical (unpaired) electrons. The molecule has 0 bridgehead atoms. The summed E-state index contributed by atoms with van der Waals surface area (Å²) in [5.41, 5.74) is 1.38. The average Bonchev–Trinajstić information content (AvgIpc) is 3.23. The Morgan fingerprint density at radius 1 is 1.31 bits per heavy atom. The molecule has 0 aliphatic carbocycles. The van der Waals surface area contributed by atoms with Crippen LogP contribution in [0.25, 0.3) is 10.9 Å². The van der Waals surface area contributed by atoms with E-state index in [0.29, 0.717) is 23.8 Å². The number of nitrogens with zero attached hydrogens (tertiary/aromatic N) is 5. The van der Waals surface area contributed by atoms with Crippen molar-refractivity contribution in [1.82, 2.24) is 29.9 Å². The molecule has 1 fully saturated rings. The van der Waals surface area contributed by atoms with Crippen molar-refractivity contribution >= 4 is 34.6 Å². The topological polar surface area (TPSA) is 133 Å². The molecular formula is C18H19N7O4. The predicted octanol–water partition coefficient (Wildman–Crippen LogP) is 0.239. The van der Waals surface area contributed by atoms with E-state index in [1.54, 1.807) is 37.0 Å². The Morgan fingerprint density at radius 3 is 2.86 bits per heavy atom. The van der Waals surface area contributed by atoms with E-state index in [9.17, 15) is 14.4 Å². The lowest BCUT2D eigenvalue weighted by Crippen LogP contribution is -2.39. The van der Waals surface area contributed by atoms with Gasteiger partial charge in [-0.2, -0.15) is 15.2 Å². The first-order valence-corrected chi connectivity index (χ1v) is 8.99. The van der Waals surface area contributed by atoms with Gasteiger partial charge in [0.1, 0.15) is 12.1 Å². The van der Waals surface area contributed by atoms with Gasteiger partial charge in [-0.15, -0.1) is 0 Å². The van der Waals surface area contributed by atoms with E-state index < -0.39 is 5.92 Å². The molecule has 1 aromatic carbocycles. The smallest absolute Gasteiger partial charge is 0.264 e. The number of hydrogen-bond donors (Lipinski definition) is 2. The van der Waals surface area contributed by atoms with Crippen LogP contribution < -0.4 is 15.4 Å². The molecule has 1 aliphatic rings. The van der Waals surface area contributed by atoms with Crippen LogP contribution in [0.15, 0.2) is 24.5 Å². The zero-order valence-electron chi connectivity index (χ0n) is 15.9. The van der Waals surface area contributed by atoms with Crippen molar-refractivity contribution in [3.05, 3.63) is 30.2 Å². The van der Waals surface area contributed by atoms with E-state index in [4.69, 9.17) is 4.74 Å². The number of hydrogen-bond acceptors (Lipinski definition) is 7. The molecular weight excluding hydrogens is 378 g/mol. The lowest BCUT2D eigenvalue weighted by atomic mass is 9.93. The first kappa shape index (κ1) is 18.6. The third-order valence-corrected chi connectivity index (χ3v) is 4.75. The lowest BCUT2D eigenvalue weighted by molar-refractivity contribution is -0.134. The summed E-state index contributed by atoms with van der Waals surface area (Å²) in [5.74, 6) is -0.613. The monoisotopic (exact) mass is 397 g/mol. The highest BCUT2D eigenvalue weighted by atomic mass is 16.5. The number of fused-ring (bicyclic) bond motifs is 1. The largest absolute Gasteiger partial charge is 0.484 e. The van der Waals surface area contributed by atoms with Gasteiger partial charge in [0.05, 0.1) is 17.1 Å². The van der Waals surface area contributed by atoms with Gasteiger partial charge in [-0.3, -0.25) is 29.7 Å². The fraction of sp³-hybridized carbons (Fsp3) is 0.333. The van der Waals surface area contributed by atoms with Crippen LogP contribution in [0.5, 0.6) is 5.75 Å². The first-order valence-electron chi connectivity index (χ1n) is 8.99. The number of nitrogens with one attached hydrogen (secondary N) is 2. The molecule has 2 N–H and O–H groups in total. The summed E-state index contributed by atoms with van der Waals surface area (Å²) in [7, 11) is 3.43. The summed E-state index contributed by atoms with van der Waals surface area (Å²) >= 11 is 0. The van der Waals surface area contributed by atoms with Gasteiger partial charge < -0.3 is 4.74 Å². The van der Waals surface area contributed by atoms with E-state index in [0.717, 1.165) is 10.9 Å². The summed E-state index contributed by atoms with van der Waals surface area (Å²) < 4.78 is 8.67. The molecule has 1 unspecified atom stereocenters. The van der Waals surface area contributed by atoms with Gasteiger partial charge in [-0.1, -0.05) is 0 Å². The Kier molecular flexibility index (Phi) is 4.71. The fourth-order valence-electron chi connectivity index (χ4n) is 3.29. The van der Waals surface area contributed by atoms with Crippen LogP contribution in [0.2, 0.25) is 0 Å².